The molecule has 0 aromatic rings. The first-order chi connectivity index (χ1) is 7.23. The Balaban J connectivity index is 0.00000256. The maximum atomic E-state index is 11.1. The number of carboxylic acid groups (broad SMARTS) is 2. The van der Waals surface area contributed by atoms with Gasteiger partial charge in [0.25, 0.3) is 0 Å². The fourth-order valence-electron chi connectivity index (χ4n) is 2.53. The van der Waals surface area contributed by atoms with Gasteiger partial charge >= 0.3 is 49.7 Å². The first-order valence-corrected chi connectivity index (χ1v) is 5.69. The van der Waals surface area contributed by atoms with E-state index in [1.54, 1.807) is 0 Å². The molecule has 1 fully saturated rings. The predicted molar refractivity (Wildman–Crippen MR) is 67.6 cm³/mol. The van der Waals surface area contributed by atoms with Crippen molar-refractivity contribution in [3.8, 4) is 0 Å². The Labute approximate surface area is 132 Å². The molecule has 4 nitrogen and oxygen atoms in total. The van der Waals surface area contributed by atoms with Crippen LogP contribution in [0, 0.1) is 23.2 Å². The molecule has 0 aromatic carbocycles. The van der Waals surface area contributed by atoms with Crippen molar-refractivity contribution in [1.29, 1.82) is 0 Å². The van der Waals surface area contributed by atoms with Crippen LogP contribution >= 0.6 is 0 Å². The third kappa shape index (κ3) is 4.42. The van der Waals surface area contributed by atoms with E-state index in [-0.39, 0.29) is 43.2 Å². The minimum atomic E-state index is -0.972. The molecule has 1 aliphatic rings. The summed E-state index contributed by atoms with van der Waals surface area (Å²) in [6.45, 7) is 6.24. The minimum absolute atomic E-state index is 0. The first-order valence-electron chi connectivity index (χ1n) is 5.69. The van der Waals surface area contributed by atoms with Gasteiger partial charge in [-0.1, -0.05) is 20.8 Å². The quantitative estimate of drug-likeness (QED) is 0.742. The normalized spacial score (nSPS) is 29.2. The Kier molecular flexibility index (Phi) is 6.47. The molecule has 0 aromatic heterocycles. The van der Waals surface area contributed by atoms with Gasteiger partial charge in [0.2, 0.25) is 0 Å². The van der Waals surface area contributed by atoms with Crippen LogP contribution in [-0.2, 0) is 9.59 Å². The van der Waals surface area contributed by atoms with E-state index >= 15 is 0 Å². The molecule has 0 bridgehead atoms. The van der Waals surface area contributed by atoms with Crippen LogP contribution in [0.5, 0.6) is 0 Å². The van der Waals surface area contributed by atoms with Crippen molar-refractivity contribution in [3.63, 3.8) is 0 Å². The summed E-state index contributed by atoms with van der Waals surface area (Å²) in [5.74, 6) is -3.09. The Bertz CT molecular complexity index is 295. The van der Waals surface area contributed by atoms with Gasteiger partial charge < -0.3 is 10.2 Å². The van der Waals surface area contributed by atoms with Crippen LogP contribution in [0.3, 0.4) is 0 Å². The summed E-state index contributed by atoms with van der Waals surface area (Å²) >= 11 is 0. The average molecular weight is 270 g/mol. The summed E-state index contributed by atoms with van der Waals surface area (Å²) in [7, 11) is 0. The van der Waals surface area contributed by atoms with E-state index in [9.17, 15) is 9.59 Å². The second-order valence-electron chi connectivity index (χ2n) is 5.77. The fourth-order valence-corrected chi connectivity index (χ4v) is 2.53. The van der Waals surface area contributed by atoms with E-state index in [4.69, 9.17) is 10.2 Å². The Morgan fingerprint density at radius 3 is 1.82 bits per heavy atom. The zero-order valence-corrected chi connectivity index (χ0v) is 10.1. The standard InChI is InChI=1S/C12H20O4.Ca.2H/c1-12(2,3)7-4-5-8(10(13)14)9(6-7)11(15)16;;;/h7-9H,4-6H2,1-3H3,(H,13,14)(H,15,16);;;. The van der Waals surface area contributed by atoms with Crippen molar-refractivity contribution >= 4 is 49.7 Å². The summed E-state index contributed by atoms with van der Waals surface area (Å²) in [4.78, 5) is 22.0. The van der Waals surface area contributed by atoms with Crippen LogP contribution in [0.2, 0.25) is 0 Å². The molecular formula is C12H22CaO4. The molecule has 0 saturated heterocycles. The summed E-state index contributed by atoms with van der Waals surface area (Å²) in [6.07, 6.45) is 1.77. The van der Waals surface area contributed by atoms with E-state index in [0.717, 1.165) is 6.42 Å². The zero-order valence-electron chi connectivity index (χ0n) is 10.1. The number of carboxylic acids is 2. The van der Waals surface area contributed by atoms with E-state index in [1.165, 1.54) is 0 Å². The zero-order chi connectivity index (χ0) is 12.5. The summed E-state index contributed by atoms with van der Waals surface area (Å²) in [5, 5.41) is 18.1. The number of hydrogen-bond donors (Lipinski definition) is 2. The first kappa shape index (κ1) is 17.2. The third-order valence-electron chi connectivity index (χ3n) is 3.71. The van der Waals surface area contributed by atoms with Crippen LogP contribution in [0.25, 0.3) is 0 Å². The van der Waals surface area contributed by atoms with Gasteiger partial charge in [-0.15, -0.1) is 0 Å². The van der Waals surface area contributed by atoms with Gasteiger partial charge in [0.15, 0.2) is 0 Å². The number of carbonyl (C=O) groups is 2. The summed E-state index contributed by atoms with van der Waals surface area (Å²) in [6, 6.07) is 0. The Morgan fingerprint density at radius 2 is 1.47 bits per heavy atom. The van der Waals surface area contributed by atoms with Crippen molar-refractivity contribution in [2.45, 2.75) is 40.0 Å². The Morgan fingerprint density at radius 1 is 1.00 bits per heavy atom. The molecule has 0 aliphatic heterocycles. The molecule has 0 amide bonds. The van der Waals surface area contributed by atoms with Crippen molar-refractivity contribution in [3.05, 3.63) is 0 Å². The van der Waals surface area contributed by atoms with Gasteiger partial charge in [-0.25, -0.2) is 0 Å². The third-order valence-corrected chi connectivity index (χ3v) is 3.71. The van der Waals surface area contributed by atoms with Crippen LogP contribution in [0.1, 0.15) is 40.0 Å². The molecule has 3 unspecified atom stereocenters. The molecule has 2 N–H and O–H groups in total. The van der Waals surface area contributed by atoms with Gasteiger partial charge in [-0.3, -0.25) is 9.59 Å². The molecule has 1 rings (SSSR count). The maximum absolute atomic E-state index is 11.1. The number of rotatable bonds is 2. The van der Waals surface area contributed by atoms with E-state index in [1.807, 2.05) is 0 Å². The summed E-state index contributed by atoms with van der Waals surface area (Å²) < 4.78 is 0. The molecule has 96 valence electrons. The molecule has 1 saturated carbocycles. The second-order valence-corrected chi connectivity index (χ2v) is 5.77. The van der Waals surface area contributed by atoms with E-state index in [0.29, 0.717) is 18.8 Å². The molecule has 5 heteroatoms. The topological polar surface area (TPSA) is 74.6 Å². The van der Waals surface area contributed by atoms with Crippen molar-refractivity contribution in [2.75, 3.05) is 0 Å². The molecular weight excluding hydrogens is 248 g/mol. The van der Waals surface area contributed by atoms with Gasteiger partial charge in [0, 0.05) is 0 Å². The van der Waals surface area contributed by atoms with Gasteiger partial charge in [-0.05, 0) is 30.6 Å². The number of aliphatic carboxylic acids is 2. The van der Waals surface area contributed by atoms with Crippen LogP contribution in [0.4, 0.5) is 0 Å². The molecule has 3 atom stereocenters. The molecule has 0 heterocycles. The van der Waals surface area contributed by atoms with Crippen molar-refractivity contribution in [2.24, 2.45) is 23.2 Å². The molecule has 1 aliphatic carbocycles. The predicted octanol–water partition coefficient (Wildman–Crippen LogP) is 1.32. The second kappa shape index (κ2) is 6.39. The summed E-state index contributed by atoms with van der Waals surface area (Å²) in [5.41, 5.74) is 0.0528. The Hall–Kier alpha value is 0.200. The van der Waals surface area contributed by atoms with Gasteiger partial charge in [0.05, 0.1) is 11.8 Å². The van der Waals surface area contributed by atoms with Crippen LogP contribution in [-0.4, -0.2) is 59.9 Å². The average Bonchev–Trinajstić information content (AvgIpc) is 2.15. The van der Waals surface area contributed by atoms with Crippen molar-refractivity contribution in [1.82, 2.24) is 0 Å². The van der Waals surface area contributed by atoms with E-state index < -0.39 is 23.8 Å². The number of hydrogen-bond acceptors (Lipinski definition) is 2. The van der Waals surface area contributed by atoms with E-state index in [2.05, 4.69) is 20.8 Å². The van der Waals surface area contributed by atoms with Gasteiger partial charge in [-0.2, -0.15) is 0 Å². The SMILES string of the molecule is CC(C)(C)C1CCC(C(=O)O)C(C(=O)O)C1.[CaH2]. The van der Waals surface area contributed by atoms with Crippen molar-refractivity contribution < 1.29 is 19.8 Å². The molecule has 0 radical (unpaired) electrons. The monoisotopic (exact) mass is 270 g/mol. The fraction of sp³-hybridized carbons (Fsp3) is 0.833. The molecule has 0 spiro atoms. The molecule has 17 heavy (non-hydrogen) atoms. The van der Waals surface area contributed by atoms with Crippen LogP contribution in [0.15, 0.2) is 0 Å². The van der Waals surface area contributed by atoms with Gasteiger partial charge in [0.1, 0.15) is 0 Å². The van der Waals surface area contributed by atoms with Crippen LogP contribution < -0.4 is 0 Å².